The largest absolute Gasteiger partial charge is 0.394 e. The smallest absolute Gasteiger partial charge is 0.190 e. The first kappa shape index (κ1) is 33.9. The molecule has 16 heteroatoms. The van der Waals surface area contributed by atoms with E-state index in [1.54, 1.807) is 13.8 Å². The van der Waals surface area contributed by atoms with Gasteiger partial charge in [0.05, 0.1) is 19.8 Å². The van der Waals surface area contributed by atoms with E-state index in [-0.39, 0.29) is 0 Å². The summed E-state index contributed by atoms with van der Waals surface area (Å²) in [6, 6.07) is 0. The van der Waals surface area contributed by atoms with Crippen molar-refractivity contribution in [3.63, 3.8) is 0 Å². The summed E-state index contributed by atoms with van der Waals surface area (Å²) in [4.78, 5) is 0. The van der Waals surface area contributed by atoms with E-state index in [2.05, 4.69) is 0 Å². The van der Waals surface area contributed by atoms with Gasteiger partial charge in [-0.3, -0.25) is 0 Å². The fourth-order valence-corrected chi connectivity index (χ4v) is 5.42. The van der Waals surface area contributed by atoms with Crippen molar-refractivity contribution >= 4 is 0 Å². The maximum absolute atomic E-state index is 11.6. The molecule has 40 heavy (non-hydrogen) atoms. The van der Waals surface area contributed by atoms with E-state index in [1.807, 2.05) is 0 Å². The third-order valence-electron chi connectivity index (χ3n) is 8.13. The van der Waals surface area contributed by atoms with Gasteiger partial charge in [-0.1, -0.05) is 20.3 Å². The molecule has 3 fully saturated rings. The topological polar surface area (TPSA) is 247 Å². The Morgan fingerprint density at radius 1 is 0.675 bits per heavy atom. The van der Waals surface area contributed by atoms with Crippen LogP contribution in [0.3, 0.4) is 0 Å². The van der Waals surface area contributed by atoms with Crippen molar-refractivity contribution in [1.29, 1.82) is 0 Å². The molecule has 0 spiro atoms. The lowest BCUT2D eigenvalue weighted by Gasteiger charge is -2.53. The van der Waals surface area contributed by atoms with Crippen molar-refractivity contribution in [3.8, 4) is 0 Å². The predicted octanol–water partition coefficient (Wildman–Crippen LogP) is -4.85. The predicted molar refractivity (Wildman–Crippen MR) is 129 cm³/mol. The lowest BCUT2D eigenvalue weighted by Crippen LogP contribution is -2.72. The van der Waals surface area contributed by atoms with Crippen LogP contribution in [-0.2, 0) is 33.2 Å². The second-order valence-electron chi connectivity index (χ2n) is 10.4. The van der Waals surface area contributed by atoms with Crippen LogP contribution < -0.4 is 0 Å². The van der Waals surface area contributed by atoms with Gasteiger partial charge in [-0.05, 0) is 5.92 Å². The van der Waals surface area contributed by atoms with Gasteiger partial charge in [0.15, 0.2) is 18.9 Å². The molecule has 0 saturated carbocycles. The molecule has 16 nitrogen and oxygen atoms in total. The third-order valence-corrected chi connectivity index (χ3v) is 8.13. The minimum Gasteiger partial charge on any atom is -0.394 e. The molecule has 3 heterocycles. The molecule has 0 bridgehead atoms. The summed E-state index contributed by atoms with van der Waals surface area (Å²) < 4.78 is 38.5. The number of ether oxygens (including phenoxy) is 7. The minimum absolute atomic E-state index is 0.357. The van der Waals surface area contributed by atoms with Gasteiger partial charge >= 0.3 is 0 Å². The summed E-state index contributed by atoms with van der Waals surface area (Å²) in [7, 11) is 2.50. The highest BCUT2D eigenvalue weighted by Crippen LogP contribution is 2.40. The van der Waals surface area contributed by atoms with Crippen molar-refractivity contribution in [2.75, 3.05) is 34.0 Å². The van der Waals surface area contributed by atoms with Crippen LogP contribution in [0.15, 0.2) is 0 Å². The molecule has 0 radical (unpaired) electrons. The summed E-state index contributed by atoms with van der Waals surface area (Å²) in [6.45, 7) is 1.33. The highest BCUT2D eigenvalue weighted by Gasteiger charge is 2.60. The van der Waals surface area contributed by atoms with Gasteiger partial charge in [0.2, 0.25) is 0 Å². The average molecular weight is 589 g/mol. The molecule has 0 aliphatic carbocycles. The van der Waals surface area contributed by atoms with Crippen molar-refractivity contribution in [2.45, 2.75) is 112 Å². The molecule has 7 unspecified atom stereocenters. The first-order valence-electron chi connectivity index (χ1n) is 13.2. The van der Waals surface area contributed by atoms with Crippen LogP contribution in [0, 0.1) is 5.92 Å². The van der Waals surface area contributed by atoms with E-state index in [4.69, 9.17) is 33.2 Å². The molecule has 236 valence electrons. The normalized spacial score (nSPS) is 49.1. The molecule has 0 aromatic rings. The summed E-state index contributed by atoms with van der Waals surface area (Å²) in [5.74, 6) is -0.648. The third kappa shape index (κ3) is 6.19. The van der Waals surface area contributed by atoms with Crippen LogP contribution in [0.5, 0.6) is 0 Å². The first-order valence-corrected chi connectivity index (χ1v) is 13.2. The Hall–Kier alpha value is -0.640. The molecule has 0 amide bonds. The summed E-state index contributed by atoms with van der Waals surface area (Å²) >= 11 is 0. The van der Waals surface area contributed by atoms with Crippen molar-refractivity contribution in [2.24, 2.45) is 5.92 Å². The van der Waals surface area contributed by atoms with Gasteiger partial charge in [0.25, 0.3) is 0 Å². The molecular weight excluding hydrogens is 544 g/mol. The van der Waals surface area contributed by atoms with Gasteiger partial charge in [-0.2, -0.15) is 0 Å². The van der Waals surface area contributed by atoms with Crippen LogP contribution in [0.2, 0.25) is 0 Å². The van der Waals surface area contributed by atoms with E-state index in [1.165, 1.54) is 14.2 Å². The quantitative estimate of drug-likeness (QED) is 0.110. The molecule has 0 aromatic carbocycles. The number of aliphatic hydroxyl groups is 9. The zero-order chi connectivity index (χ0) is 29.9. The number of methoxy groups -OCH3 is 2. The standard InChI is InChI=1S/C24H44O16/c1-5-9(2)24(33)20(32)19(34-3)12(8-27)38-23(24)40-18-11(7-26)37-22(16(31)14(18)29)39-17-10(6-25)36-21(35-4)15(30)13(17)28/h9-23,25-33H,5-8H2,1-4H3/t9?,10?,11?,12?,13-,14-,15?,16?,17-,18-,19-,20+,21-,22+,23+,24?/m1/s1. The number of hydrogen-bond acceptors (Lipinski definition) is 16. The highest BCUT2D eigenvalue weighted by molar-refractivity contribution is 5.05. The molecule has 3 aliphatic rings. The van der Waals surface area contributed by atoms with Gasteiger partial charge in [-0.15, -0.1) is 0 Å². The van der Waals surface area contributed by atoms with Crippen LogP contribution in [0.1, 0.15) is 20.3 Å². The Bertz CT molecular complexity index is 771. The monoisotopic (exact) mass is 588 g/mol. The van der Waals surface area contributed by atoms with Gasteiger partial charge < -0.3 is 79.1 Å². The number of rotatable bonds is 11. The van der Waals surface area contributed by atoms with E-state index >= 15 is 0 Å². The van der Waals surface area contributed by atoms with Crippen LogP contribution >= 0.6 is 0 Å². The average Bonchev–Trinajstić information content (AvgIpc) is 2.96. The molecule has 3 saturated heterocycles. The fourth-order valence-electron chi connectivity index (χ4n) is 5.42. The Kier molecular flexibility index (Phi) is 12.0. The Balaban J connectivity index is 1.83. The highest BCUT2D eigenvalue weighted by atomic mass is 16.8. The fraction of sp³-hybridized carbons (Fsp3) is 1.00. The van der Waals surface area contributed by atoms with E-state index in [0.29, 0.717) is 6.42 Å². The number of aliphatic hydroxyl groups excluding tert-OH is 8. The molecule has 3 aliphatic heterocycles. The zero-order valence-electron chi connectivity index (χ0n) is 22.9. The molecule has 3 rings (SSSR count). The van der Waals surface area contributed by atoms with Crippen molar-refractivity contribution in [1.82, 2.24) is 0 Å². The maximum Gasteiger partial charge on any atom is 0.190 e. The lowest BCUT2D eigenvalue weighted by molar-refractivity contribution is -0.397. The lowest BCUT2D eigenvalue weighted by atomic mass is 9.76. The summed E-state index contributed by atoms with van der Waals surface area (Å²) in [6.07, 6.45) is -20.7. The molecule has 0 aromatic heterocycles. The zero-order valence-corrected chi connectivity index (χ0v) is 22.9. The molecule has 9 N–H and O–H groups in total. The van der Waals surface area contributed by atoms with Crippen molar-refractivity contribution < 1.29 is 79.1 Å². The minimum atomic E-state index is -2.11. The van der Waals surface area contributed by atoms with E-state index in [0.717, 1.165) is 0 Å². The Morgan fingerprint density at radius 3 is 1.62 bits per heavy atom. The Morgan fingerprint density at radius 2 is 1.15 bits per heavy atom. The second kappa shape index (κ2) is 14.2. The van der Waals surface area contributed by atoms with E-state index < -0.39 is 117 Å². The molecular formula is C24H44O16. The second-order valence-corrected chi connectivity index (χ2v) is 10.4. The van der Waals surface area contributed by atoms with Gasteiger partial charge in [0, 0.05) is 14.2 Å². The first-order chi connectivity index (χ1) is 18.9. The van der Waals surface area contributed by atoms with Gasteiger partial charge in [0.1, 0.15) is 72.7 Å². The van der Waals surface area contributed by atoms with Crippen molar-refractivity contribution in [3.05, 3.63) is 0 Å². The van der Waals surface area contributed by atoms with Crippen LogP contribution in [-0.4, -0.2) is 172 Å². The summed E-state index contributed by atoms with van der Waals surface area (Å²) in [5, 5.41) is 94.9. The Labute approximate surface area is 231 Å². The van der Waals surface area contributed by atoms with Gasteiger partial charge in [-0.25, -0.2) is 0 Å². The van der Waals surface area contributed by atoms with Crippen LogP contribution in [0.4, 0.5) is 0 Å². The maximum atomic E-state index is 11.6. The van der Waals surface area contributed by atoms with Crippen LogP contribution in [0.25, 0.3) is 0 Å². The number of hydrogen-bond donors (Lipinski definition) is 9. The molecule has 16 atom stereocenters. The SMILES string of the molecule is CCC(C)C1(O)[C@H](O[C@@H]2C(CO)O[C@@H](O[C@@H]3C(CO)O[C@@H](OC)C(O)[C@H]3O)C(O)[C@H]2O)OC(CO)[C@@H](OC)[C@@H]1O. The summed E-state index contributed by atoms with van der Waals surface area (Å²) in [5.41, 5.74) is -2.11. The van der Waals surface area contributed by atoms with E-state index in [9.17, 15) is 46.0 Å².